The second-order valence-corrected chi connectivity index (χ2v) is 7.97. The zero-order valence-electron chi connectivity index (χ0n) is 17.6. The van der Waals surface area contributed by atoms with Gasteiger partial charge in [0, 0.05) is 43.3 Å². The molecule has 1 aliphatic heterocycles. The first-order valence-corrected chi connectivity index (χ1v) is 10.6. The van der Waals surface area contributed by atoms with E-state index in [0.29, 0.717) is 31.7 Å². The van der Waals surface area contributed by atoms with Gasteiger partial charge in [0.1, 0.15) is 11.8 Å². The predicted molar refractivity (Wildman–Crippen MR) is 117 cm³/mol. The predicted octanol–water partition coefficient (Wildman–Crippen LogP) is 3.07. The Morgan fingerprint density at radius 3 is 2.23 bits per heavy atom. The maximum Gasteiger partial charge on any atom is 0.253 e. The number of hydrogen-bond donors (Lipinski definition) is 1. The molecule has 31 heavy (non-hydrogen) atoms. The van der Waals surface area contributed by atoms with Crippen molar-refractivity contribution >= 4 is 17.5 Å². The van der Waals surface area contributed by atoms with Gasteiger partial charge in [-0.3, -0.25) is 14.5 Å². The maximum absolute atomic E-state index is 12.9. The van der Waals surface area contributed by atoms with Gasteiger partial charge in [0.05, 0.1) is 13.2 Å². The lowest BCUT2D eigenvalue weighted by molar-refractivity contribution is -0.117. The SMILES string of the molecule is COc1ccc(C(C#N)N2CCN(C(=O)c3ccc(NC(=O)C4CC4)cc3)CC2)cc1. The largest absolute Gasteiger partial charge is 0.497 e. The number of methoxy groups -OCH3 is 1. The first-order chi connectivity index (χ1) is 15.1. The van der Waals surface area contributed by atoms with E-state index in [1.54, 1.807) is 31.4 Å². The molecule has 2 fully saturated rings. The maximum atomic E-state index is 12.9. The summed E-state index contributed by atoms with van der Waals surface area (Å²) < 4.78 is 5.19. The van der Waals surface area contributed by atoms with Crippen LogP contribution in [0.15, 0.2) is 48.5 Å². The van der Waals surface area contributed by atoms with E-state index in [1.807, 2.05) is 29.2 Å². The molecule has 2 aromatic rings. The van der Waals surface area contributed by atoms with Crippen LogP contribution < -0.4 is 10.1 Å². The van der Waals surface area contributed by atoms with Crippen molar-refractivity contribution in [3.63, 3.8) is 0 Å². The normalized spacial score (nSPS) is 17.5. The summed E-state index contributed by atoms with van der Waals surface area (Å²) in [5.41, 5.74) is 2.24. The molecule has 1 unspecified atom stereocenters. The van der Waals surface area contributed by atoms with E-state index in [4.69, 9.17) is 4.74 Å². The van der Waals surface area contributed by atoms with Crippen LogP contribution in [0.2, 0.25) is 0 Å². The summed E-state index contributed by atoms with van der Waals surface area (Å²) in [6.07, 6.45) is 1.92. The van der Waals surface area contributed by atoms with E-state index in [0.717, 1.165) is 29.8 Å². The molecular weight excluding hydrogens is 392 g/mol. The van der Waals surface area contributed by atoms with E-state index < -0.39 is 0 Å². The number of amides is 2. The summed E-state index contributed by atoms with van der Waals surface area (Å²) >= 11 is 0. The Kier molecular flexibility index (Phi) is 6.19. The molecule has 2 aromatic carbocycles. The zero-order chi connectivity index (χ0) is 21.8. The Bertz CT molecular complexity index is 969. The van der Waals surface area contributed by atoms with Gasteiger partial charge in [-0.1, -0.05) is 12.1 Å². The number of benzene rings is 2. The van der Waals surface area contributed by atoms with Gasteiger partial charge >= 0.3 is 0 Å². The minimum absolute atomic E-state index is 0.0299. The lowest BCUT2D eigenvalue weighted by atomic mass is 10.1. The van der Waals surface area contributed by atoms with E-state index in [2.05, 4.69) is 16.3 Å². The van der Waals surface area contributed by atoms with E-state index >= 15 is 0 Å². The minimum atomic E-state index is -0.350. The second-order valence-electron chi connectivity index (χ2n) is 7.97. The molecule has 0 aromatic heterocycles. The molecule has 1 N–H and O–H groups in total. The number of nitrogens with zero attached hydrogens (tertiary/aromatic N) is 3. The van der Waals surface area contributed by atoms with Crippen LogP contribution >= 0.6 is 0 Å². The zero-order valence-corrected chi connectivity index (χ0v) is 17.6. The van der Waals surface area contributed by atoms with Crippen molar-refractivity contribution < 1.29 is 14.3 Å². The van der Waals surface area contributed by atoms with Crippen LogP contribution in [-0.2, 0) is 4.79 Å². The Hall–Kier alpha value is -3.37. The van der Waals surface area contributed by atoms with Crippen molar-refractivity contribution in [1.82, 2.24) is 9.80 Å². The van der Waals surface area contributed by atoms with Crippen LogP contribution in [0, 0.1) is 17.2 Å². The summed E-state index contributed by atoms with van der Waals surface area (Å²) in [6, 6.07) is 16.6. The molecule has 7 heteroatoms. The van der Waals surface area contributed by atoms with Gasteiger partial charge < -0.3 is 15.0 Å². The number of nitrogens with one attached hydrogen (secondary N) is 1. The molecule has 1 aliphatic carbocycles. The number of rotatable bonds is 6. The van der Waals surface area contributed by atoms with E-state index in [-0.39, 0.29) is 23.8 Å². The smallest absolute Gasteiger partial charge is 0.253 e. The van der Waals surface area contributed by atoms with E-state index in [1.165, 1.54) is 0 Å². The van der Waals surface area contributed by atoms with Crippen LogP contribution in [0.4, 0.5) is 5.69 Å². The topological polar surface area (TPSA) is 85.7 Å². The number of hydrogen-bond acceptors (Lipinski definition) is 5. The van der Waals surface area contributed by atoms with Crippen molar-refractivity contribution in [3.8, 4) is 11.8 Å². The third-order valence-corrected chi connectivity index (χ3v) is 5.87. The quantitative estimate of drug-likeness (QED) is 0.779. The van der Waals surface area contributed by atoms with Crippen molar-refractivity contribution in [1.29, 1.82) is 5.26 Å². The number of carbonyl (C=O) groups is 2. The van der Waals surface area contributed by atoms with Crippen molar-refractivity contribution in [2.75, 3.05) is 38.6 Å². The molecule has 2 aliphatic rings. The molecule has 160 valence electrons. The van der Waals surface area contributed by atoms with Crippen LogP contribution in [0.5, 0.6) is 5.75 Å². The van der Waals surface area contributed by atoms with Crippen molar-refractivity contribution in [2.45, 2.75) is 18.9 Å². The summed E-state index contributed by atoms with van der Waals surface area (Å²) in [5, 5.41) is 12.6. The number of nitriles is 1. The Labute approximate surface area is 182 Å². The van der Waals surface area contributed by atoms with Crippen LogP contribution in [0.3, 0.4) is 0 Å². The molecule has 1 saturated carbocycles. The Balaban J connectivity index is 1.33. The van der Waals surface area contributed by atoms with Crippen LogP contribution in [-0.4, -0.2) is 54.9 Å². The Morgan fingerprint density at radius 1 is 1.03 bits per heavy atom. The van der Waals surface area contributed by atoms with Gasteiger partial charge in [0.25, 0.3) is 5.91 Å². The average molecular weight is 418 g/mol. The third kappa shape index (κ3) is 4.86. The standard InChI is InChI=1S/C24H26N4O3/c1-31-21-10-6-17(7-11-21)22(16-25)27-12-14-28(15-13-27)24(30)19-4-8-20(9-5-19)26-23(29)18-2-3-18/h4-11,18,22H,2-3,12-15H2,1H3,(H,26,29). The number of carbonyl (C=O) groups excluding carboxylic acids is 2. The fraction of sp³-hybridized carbons (Fsp3) is 0.375. The first-order valence-electron chi connectivity index (χ1n) is 10.6. The number of anilines is 1. The summed E-state index contributed by atoms with van der Waals surface area (Å²) in [5.74, 6) is 0.929. The fourth-order valence-corrected chi connectivity index (χ4v) is 3.80. The highest BCUT2D eigenvalue weighted by atomic mass is 16.5. The molecule has 4 rings (SSSR count). The molecule has 1 saturated heterocycles. The summed E-state index contributed by atoms with van der Waals surface area (Å²) in [4.78, 5) is 28.7. The lowest BCUT2D eigenvalue weighted by Crippen LogP contribution is -2.49. The molecule has 0 radical (unpaired) electrons. The highest BCUT2D eigenvalue weighted by molar-refractivity contribution is 5.96. The molecule has 2 amide bonds. The van der Waals surface area contributed by atoms with Gasteiger partial charge in [0.15, 0.2) is 0 Å². The third-order valence-electron chi connectivity index (χ3n) is 5.87. The number of ether oxygens (including phenoxy) is 1. The molecule has 7 nitrogen and oxygen atoms in total. The van der Waals surface area contributed by atoms with Crippen LogP contribution in [0.1, 0.15) is 34.8 Å². The number of piperazine rings is 1. The van der Waals surface area contributed by atoms with Gasteiger partial charge in [-0.2, -0.15) is 5.26 Å². The van der Waals surface area contributed by atoms with E-state index in [9.17, 15) is 14.9 Å². The second kappa shape index (κ2) is 9.19. The van der Waals surface area contributed by atoms with Crippen molar-refractivity contribution in [2.24, 2.45) is 5.92 Å². The van der Waals surface area contributed by atoms with Gasteiger partial charge in [-0.05, 0) is 54.8 Å². The monoisotopic (exact) mass is 418 g/mol. The fourth-order valence-electron chi connectivity index (χ4n) is 3.80. The average Bonchev–Trinajstić information content (AvgIpc) is 3.66. The molecule has 0 bridgehead atoms. The molecular formula is C24H26N4O3. The lowest BCUT2D eigenvalue weighted by Gasteiger charge is -2.37. The van der Waals surface area contributed by atoms with Gasteiger partial charge in [0.2, 0.25) is 5.91 Å². The molecule has 1 heterocycles. The molecule has 0 spiro atoms. The Morgan fingerprint density at radius 2 is 1.68 bits per heavy atom. The first kappa shape index (κ1) is 20.9. The highest BCUT2D eigenvalue weighted by Gasteiger charge is 2.30. The van der Waals surface area contributed by atoms with Crippen LogP contribution in [0.25, 0.3) is 0 Å². The highest BCUT2D eigenvalue weighted by Crippen LogP contribution is 2.30. The van der Waals surface area contributed by atoms with Crippen molar-refractivity contribution in [3.05, 3.63) is 59.7 Å². The summed E-state index contributed by atoms with van der Waals surface area (Å²) in [6.45, 7) is 2.39. The molecule has 1 atom stereocenters. The summed E-state index contributed by atoms with van der Waals surface area (Å²) in [7, 11) is 1.62. The van der Waals surface area contributed by atoms with Gasteiger partial charge in [-0.15, -0.1) is 0 Å². The minimum Gasteiger partial charge on any atom is -0.497 e. The van der Waals surface area contributed by atoms with Gasteiger partial charge in [-0.25, -0.2) is 0 Å².